The van der Waals surface area contributed by atoms with E-state index in [9.17, 15) is 19.3 Å². The van der Waals surface area contributed by atoms with Gasteiger partial charge in [0.25, 0.3) is 0 Å². The predicted molar refractivity (Wildman–Crippen MR) is 119 cm³/mol. The molecule has 0 spiro atoms. The topological polar surface area (TPSA) is 93.5 Å². The number of aryl methyl sites for hydroxylation is 1. The highest BCUT2D eigenvalue weighted by Crippen LogP contribution is 2.40. The molecule has 0 amide bonds. The molecule has 0 bridgehead atoms. The van der Waals surface area contributed by atoms with Gasteiger partial charge in [-0.05, 0) is 36.8 Å². The largest absolute Gasteiger partial charge is 0.465 e. The molecule has 1 aromatic heterocycles. The molecule has 0 fully saturated rings. The molecule has 0 atom stereocenters. The zero-order chi connectivity index (χ0) is 21.8. The van der Waals surface area contributed by atoms with Crippen molar-refractivity contribution in [3.05, 3.63) is 74.9 Å². The fraction of sp³-hybridized carbons (Fsp3) is 0.100. The van der Waals surface area contributed by atoms with Crippen molar-refractivity contribution in [2.75, 3.05) is 17.7 Å². The number of halogens is 1. The number of carbonyl (C=O) groups is 1. The zero-order valence-electron chi connectivity index (χ0n) is 15.9. The third-order valence-corrected chi connectivity index (χ3v) is 5.39. The van der Waals surface area contributed by atoms with Crippen molar-refractivity contribution in [3.8, 4) is 11.1 Å². The Morgan fingerprint density at radius 3 is 2.53 bits per heavy atom. The Hall–Kier alpha value is -3.37. The van der Waals surface area contributed by atoms with Crippen molar-refractivity contribution in [1.29, 1.82) is 0 Å². The molecule has 2 aromatic carbocycles. The second-order valence-corrected chi connectivity index (χ2v) is 7.73. The lowest BCUT2D eigenvalue weighted by atomic mass is 10.0. The number of thiocarbonyl (C=S) groups is 1. The number of esters is 1. The summed E-state index contributed by atoms with van der Waals surface area (Å²) in [6.07, 6.45) is 0. The average molecular weight is 445 g/mol. The number of rotatable bonds is 5. The highest BCUT2D eigenvalue weighted by molar-refractivity contribution is 7.80. The number of ether oxygens (including phenoxy) is 1. The minimum Gasteiger partial charge on any atom is -0.465 e. The van der Waals surface area contributed by atoms with Crippen molar-refractivity contribution in [3.63, 3.8) is 0 Å². The molecule has 2 N–H and O–H groups in total. The Balaban J connectivity index is 1.91. The smallest absolute Gasteiger partial charge is 0.341 e. The van der Waals surface area contributed by atoms with Crippen LogP contribution in [0.5, 0.6) is 0 Å². The first-order valence-corrected chi connectivity index (χ1v) is 9.83. The second kappa shape index (κ2) is 8.97. The monoisotopic (exact) mass is 445 g/mol. The molecule has 0 aliphatic carbocycles. The molecule has 3 rings (SSSR count). The number of nitro groups is 1. The summed E-state index contributed by atoms with van der Waals surface area (Å²) in [4.78, 5) is 23.5. The fourth-order valence-electron chi connectivity index (χ4n) is 2.88. The van der Waals surface area contributed by atoms with E-state index in [0.29, 0.717) is 10.6 Å². The average Bonchev–Trinajstić information content (AvgIpc) is 3.04. The van der Waals surface area contributed by atoms with E-state index in [4.69, 9.17) is 17.0 Å². The first-order chi connectivity index (χ1) is 14.3. The number of thiophene rings is 1. The Morgan fingerprint density at radius 1 is 1.20 bits per heavy atom. The molecule has 0 saturated carbocycles. The molecule has 0 saturated heterocycles. The minimum atomic E-state index is -0.946. The summed E-state index contributed by atoms with van der Waals surface area (Å²) >= 11 is 6.60. The van der Waals surface area contributed by atoms with Gasteiger partial charge >= 0.3 is 11.7 Å². The summed E-state index contributed by atoms with van der Waals surface area (Å²) in [5.74, 6) is -1.47. The van der Waals surface area contributed by atoms with Gasteiger partial charge in [0.1, 0.15) is 10.6 Å². The van der Waals surface area contributed by atoms with E-state index in [-0.39, 0.29) is 10.8 Å². The lowest BCUT2D eigenvalue weighted by molar-refractivity contribution is -0.387. The van der Waals surface area contributed by atoms with E-state index in [1.165, 1.54) is 24.5 Å². The molecule has 154 valence electrons. The molecule has 0 radical (unpaired) electrons. The number of nitrogens with one attached hydrogen (secondary N) is 2. The first-order valence-electron chi connectivity index (χ1n) is 8.61. The molecule has 10 heteroatoms. The molecule has 30 heavy (non-hydrogen) atoms. The Bertz CT molecular complexity index is 1130. The summed E-state index contributed by atoms with van der Waals surface area (Å²) in [6.45, 7) is 1.88. The van der Waals surface area contributed by atoms with Crippen molar-refractivity contribution in [1.82, 2.24) is 0 Å². The van der Waals surface area contributed by atoms with Crippen LogP contribution in [-0.4, -0.2) is 23.1 Å². The van der Waals surface area contributed by atoms with Crippen molar-refractivity contribution in [2.24, 2.45) is 0 Å². The van der Waals surface area contributed by atoms with E-state index >= 15 is 0 Å². The van der Waals surface area contributed by atoms with Crippen LogP contribution in [0, 0.1) is 22.9 Å². The Morgan fingerprint density at radius 2 is 1.90 bits per heavy atom. The van der Waals surface area contributed by atoms with Gasteiger partial charge in [-0.25, -0.2) is 4.79 Å². The van der Waals surface area contributed by atoms with Gasteiger partial charge < -0.3 is 15.4 Å². The number of methoxy groups -OCH3 is 1. The fourth-order valence-corrected chi connectivity index (χ4v) is 4.23. The van der Waals surface area contributed by atoms with Gasteiger partial charge in [-0.3, -0.25) is 10.1 Å². The van der Waals surface area contributed by atoms with Crippen LogP contribution in [0.4, 0.5) is 20.8 Å². The lowest BCUT2D eigenvalue weighted by Crippen LogP contribution is -2.20. The third kappa shape index (κ3) is 4.44. The van der Waals surface area contributed by atoms with E-state index in [1.807, 2.05) is 37.3 Å². The number of nitrogens with zero attached hydrogens (tertiary/aromatic N) is 1. The number of hydrogen-bond acceptors (Lipinski definition) is 6. The Labute approximate surface area is 180 Å². The zero-order valence-corrected chi connectivity index (χ0v) is 17.5. The summed E-state index contributed by atoms with van der Waals surface area (Å²) in [5.41, 5.74) is 1.48. The van der Waals surface area contributed by atoms with Gasteiger partial charge in [0.15, 0.2) is 5.11 Å². The van der Waals surface area contributed by atoms with Crippen LogP contribution < -0.4 is 10.6 Å². The number of hydrogen-bond donors (Lipinski definition) is 2. The highest BCUT2D eigenvalue weighted by atomic mass is 32.1. The van der Waals surface area contributed by atoms with Gasteiger partial charge in [0.2, 0.25) is 5.82 Å². The van der Waals surface area contributed by atoms with Crippen LogP contribution in [0.25, 0.3) is 11.1 Å². The van der Waals surface area contributed by atoms with Crippen LogP contribution >= 0.6 is 23.6 Å². The molecule has 0 unspecified atom stereocenters. The summed E-state index contributed by atoms with van der Waals surface area (Å²) in [6, 6.07) is 12.7. The van der Waals surface area contributed by atoms with Crippen LogP contribution in [-0.2, 0) is 4.74 Å². The predicted octanol–water partition coefficient (Wildman–Crippen LogP) is 5.37. The number of carbonyl (C=O) groups excluding carboxylic acids is 1. The summed E-state index contributed by atoms with van der Waals surface area (Å²) < 4.78 is 18.5. The molecule has 7 nitrogen and oxygen atoms in total. The van der Waals surface area contributed by atoms with Gasteiger partial charge in [0.05, 0.1) is 12.0 Å². The van der Waals surface area contributed by atoms with E-state index < -0.39 is 22.4 Å². The molecular weight excluding hydrogens is 429 g/mol. The number of anilines is 2. The van der Waals surface area contributed by atoms with E-state index in [1.54, 1.807) is 0 Å². The van der Waals surface area contributed by atoms with Gasteiger partial charge in [-0.1, -0.05) is 30.3 Å². The van der Waals surface area contributed by atoms with E-state index in [0.717, 1.165) is 28.1 Å². The quantitative estimate of drug-likeness (QED) is 0.236. The normalized spacial score (nSPS) is 10.4. The van der Waals surface area contributed by atoms with Gasteiger partial charge in [-0.15, -0.1) is 11.3 Å². The van der Waals surface area contributed by atoms with Crippen LogP contribution in [0.15, 0.2) is 48.5 Å². The standard InChI is InChI=1S/C20H16FN3O4S2/c1-11-16(12-6-4-3-5-7-12)17(19(25)28-2)18(30-11)23-20(29)22-13-8-9-14(21)15(10-13)24(26)27/h3-10H,1-2H3,(H2,22,23,29). The minimum absolute atomic E-state index is 0.0851. The molecule has 1 heterocycles. The van der Waals surface area contributed by atoms with Gasteiger partial charge in [0, 0.05) is 22.2 Å². The molecule has 3 aromatic rings. The maximum atomic E-state index is 13.5. The summed E-state index contributed by atoms with van der Waals surface area (Å²) in [7, 11) is 1.29. The van der Waals surface area contributed by atoms with Crippen molar-refractivity contribution < 1.29 is 18.8 Å². The highest BCUT2D eigenvalue weighted by Gasteiger charge is 2.24. The molecule has 0 aliphatic rings. The molecule has 0 aliphatic heterocycles. The summed E-state index contributed by atoms with van der Waals surface area (Å²) in [5, 5.41) is 17.2. The second-order valence-electron chi connectivity index (χ2n) is 6.10. The maximum Gasteiger partial charge on any atom is 0.341 e. The SMILES string of the molecule is COC(=O)c1c(NC(=S)Nc2ccc(F)c([N+](=O)[O-])c2)sc(C)c1-c1ccccc1. The lowest BCUT2D eigenvalue weighted by Gasteiger charge is -2.11. The Kier molecular flexibility index (Phi) is 6.38. The first kappa shape index (κ1) is 21.3. The number of nitro benzene ring substituents is 1. The maximum absolute atomic E-state index is 13.5. The van der Waals surface area contributed by atoms with Crippen LogP contribution in [0.1, 0.15) is 15.2 Å². The van der Waals surface area contributed by atoms with Crippen LogP contribution in [0.2, 0.25) is 0 Å². The van der Waals surface area contributed by atoms with Crippen molar-refractivity contribution in [2.45, 2.75) is 6.92 Å². The van der Waals surface area contributed by atoms with E-state index in [2.05, 4.69) is 10.6 Å². The van der Waals surface area contributed by atoms with Gasteiger partial charge in [-0.2, -0.15) is 4.39 Å². The van der Waals surface area contributed by atoms with Crippen LogP contribution in [0.3, 0.4) is 0 Å². The van der Waals surface area contributed by atoms with Crippen molar-refractivity contribution >= 4 is 51.0 Å². The third-order valence-electron chi connectivity index (χ3n) is 4.16. The molecular formula is C20H16FN3O4S2. The number of benzene rings is 2.